The Morgan fingerprint density at radius 3 is 2.97 bits per heavy atom. The van der Waals surface area contributed by atoms with Gasteiger partial charge in [-0.15, -0.1) is 11.3 Å². The molecule has 0 saturated carbocycles. The molecule has 36 heavy (non-hydrogen) atoms. The number of hydrogen-bond acceptors (Lipinski definition) is 8. The monoisotopic (exact) mass is 523 g/mol. The second kappa shape index (κ2) is 10.2. The van der Waals surface area contributed by atoms with Crippen molar-refractivity contribution < 1.29 is 9.53 Å². The van der Waals surface area contributed by atoms with Gasteiger partial charge in [-0.1, -0.05) is 18.2 Å². The van der Waals surface area contributed by atoms with Gasteiger partial charge in [0.05, 0.1) is 26.5 Å². The molecule has 1 aromatic carbocycles. The lowest BCUT2D eigenvalue weighted by atomic mass is 9.98. The summed E-state index contributed by atoms with van der Waals surface area (Å²) < 4.78 is 7.79. The Hall–Kier alpha value is -3.50. The molecule has 9 nitrogen and oxygen atoms in total. The van der Waals surface area contributed by atoms with Crippen LogP contribution in [-0.2, 0) is 17.9 Å². The molecule has 1 atom stereocenters. The number of piperidine rings is 1. The molecule has 5 rings (SSSR count). The average Bonchev–Trinajstić information content (AvgIpc) is 3.47. The van der Waals surface area contributed by atoms with E-state index in [1.54, 1.807) is 16.8 Å². The summed E-state index contributed by atoms with van der Waals surface area (Å²) in [5.41, 5.74) is 11.1. The molecule has 1 aliphatic rings. The van der Waals surface area contributed by atoms with Crippen LogP contribution < -0.4 is 10.5 Å². The SMILES string of the molecule is C=CC(=O)N1CCC[C@@H](Cn2nc(-c3ccc(OCc4scnc4C)c(Cl)c3)c3c(N)ncnc32)C1. The predicted molar refractivity (Wildman–Crippen MR) is 141 cm³/mol. The van der Waals surface area contributed by atoms with E-state index in [0.717, 1.165) is 35.5 Å². The molecule has 0 unspecified atom stereocenters. The van der Waals surface area contributed by atoms with Crippen LogP contribution in [0.15, 0.2) is 42.7 Å². The zero-order valence-electron chi connectivity index (χ0n) is 19.9. The number of rotatable bonds is 7. The minimum atomic E-state index is -0.0419. The fraction of sp³-hybridized carbons (Fsp3) is 0.320. The second-order valence-electron chi connectivity index (χ2n) is 8.78. The van der Waals surface area contributed by atoms with Crippen LogP contribution in [0.3, 0.4) is 0 Å². The van der Waals surface area contributed by atoms with Gasteiger partial charge in [-0.05, 0) is 50.0 Å². The van der Waals surface area contributed by atoms with E-state index in [9.17, 15) is 4.79 Å². The Kier molecular flexibility index (Phi) is 6.88. The van der Waals surface area contributed by atoms with Gasteiger partial charge in [0.15, 0.2) is 5.65 Å². The molecule has 4 heterocycles. The van der Waals surface area contributed by atoms with Crippen molar-refractivity contribution in [3.05, 3.63) is 58.3 Å². The summed E-state index contributed by atoms with van der Waals surface area (Å²) in [6, 6.07) is 5.56. The van der Waals surface area contributed by atoms with Gasteiger partial charge in [-0.2, -0.15) is 5.10 Å². The van der Waals surface area contributed by atoms with E-state index in [1.165, 1.54) is 12.4 Å². The largest absolute Gasteiger partial charge is 0.486 e. The van der Waals surface area contributed by atoms with E-state index >= 15 is 0 Å². The van der Waals surface area contributed by atoms with Gasteiger partial charge >= 0.3 is 0 Å². The first-order valence-electron chi connectivity index (χ1n) is 11.6. The summed E-state index contributed by atoms with van der Waals surface area (Å²) in [5, 5.41) is 6.03. The highest BCUT2D eigenvalue weighted by atomic mass is 35.5. The number of benzene rings is 1. The van der Waals surface area contributed by atoms with E-state index in [4.69, 9.17) is 27.2 Å². The molecule has 186 valence electrons. The minimum absolute atomic E-state index is 0.0419. The van der Waals surface area contributed by atoms with Crippen LogP contribution in [0.5, 0.6) is 5.75 Å². The van der Waals surface area contributed by atoms with Crippen LogP contribution in [0.2, 0.25) is 5.02 Å². The second-order valence-corrected chi connectivity index (χ2v) is 10.1. The fourth-order valence-corrected chi connectivity index (χ4v) is 5.44. The maximum absolute atomic E-state index is 12.1. The first-order valence-corrected chi connectivity index (χ1v) is 12.9. The molecule has 0 radical (unpaired) electrons. The Bertz CT molecular complexity index is 1430. The van der Waals surface area contributed by atoms with Crippen molar-refractivity contribution in [3.63, 3.8) is 0 Å². The Morgan fingerprint density at radius 2 is 2.22 bits per heavy atom. The molecule has 2 N–H and O–H groups in total. The highest BCUT2D eigenvalue weighted by molar-refractivity contribution is 7.09. The summed E-state index contributed by atoms with van der Waals surface area (Å²) in [4.78, 5) is 27.9. The molecule has 4 aromatic rings. The van der Waals surface area contributed by atoms with Crippen LogP contribution in [-0.4, -0.2) is 48.6 Å². The first kappa shape index (κ1) is 24.2. The highest BCUT2D eigenvalue weighted by Crippen LogP contribution is 2.35. The highest BCUT2D eigenvalue weighted by Gasteiger charge is 2.25. The molecule has 0 aliphatic carbocycles. The van der Waals surface area contributed by atoms with Crippen LogP contribution in [0.25, 0.3) is 22.3 Å². The van der Waals surface area contributed by atoms with Crippen molar-refractivity contribution in [2.75, 3.05) is 18.8 Å². The van der Waals surface area contributed by atoms with E-state index in [-0.39, 0.29) is 11.8 Å². The lowest BCUT2D eigenvalue weighted by Gasteiger charge is -2.32. The van der Waals surface area contributed by atoms with Gasteiger partial charge in [0.1, 0.15) is 30.2 Å². The topological polar surface area (TPSA) is 112 Å². The van der Waals surface area contributed by atoms with Crippen molar-refractivity contribution in [1.82, 2.24) is 29.6 Å². The number of thiazole rings is 1. The molecule has 0 bridgehead atoms. The third-order valence-corrected chi connectivity index (χ3v) is 7.61. The van der Waals surface area contributed by atoms with E-state index in [0.29, 0.717) is 53.0 Å². The van der Waals surface area contributed by atoms with Crippen LogP contribution >= 0.6 is 22.9 Å². The van der Waals surface area contributed by atoms with Crippen LogP contribution in [0.4, 0.5) is 5.82 Å². The number of nitrogens with zero attached hydrogens (tertiary/aromatic N) is 6. The van der Waals surface area contributed by atoms with Gasteiger partial charge < -0.3 is 15.4 Å². The molecular formula is C25H26ClN7O2S. The number of anilines is 1. The van der Waals surface area contributed by atoms with Gasteiger partial charge in [-0.3, -0.25) is 4.79 Å². The van der Waals surface area contributed by atoms with Gasteiger partial charge in [0.2, 0.25) is 5.91 Å². The summed E-state index contributed by atoms with van der Waals surface area (Å²) in [6.07, 6.45) is 4.74. The molecule has 1 aliphatic heterocycles. The van der Waals surface area contributed by atoms with Crippen LogP contribution in [0, 0.1) is 12.8 Å². The van der Waals surface area contributed by atoms with E-state index < -0.39 is 0 Å². The third-order valence-electron chi connectivity index (χ3n) is 6.40. The summed E-state index contributed by atoms with van der Waals surface area (Å²) >= 11 is 8.14. The number of likely N-dealkylation sites (tertiary alicyclic amines) is 1. The predicted octanol–water partition coefficient (Wildman–Crippen LogP) is 4.50. The fourth-order valence-electron chi connectivity index (χ4n) is 4.52. The maximum Gasteiger partial charge on any atom is 0.245 e. The van der Waals surface area contributed by atoms with E-state index in [1.807, 2.05) is 34.7 Å². The molecule has 3 aromatic heterocycles. The van der Waals surface area contributed by atoms with Crippen LogP contribution in [0.1, 0.15) is 23.4 Å². The number of carbonyl (C=O) groups is 1. The molecule has 11 heteroatoms. The molecule has 1 amide bonds. The number of hydrogen-bond donors (Lipinski definition) is 1. The lowest BCUT2D eigenvalue weighted by Crippen LogP contribution is -2.40. The van der Waals surface area contributed by atoms with Crippen molar-refractivity contribution >= 4 is 45.7 Å². The van der Waals surface area contributed by atoms with Gasteiger partial charge in [0, 0.05) is 25.2 Å². The number of ether oxygens (including phenoxy) is 1. The Balaban J connectivity index is 1.43. The maximum atomic E-state index is 12.1. The van der Waals surface area contributed by atoms with Crippen molar-refractivity contribution in [3.8, 4) is 17.0 Å². The van der Waals surface area contributed by atoms with Crippen molar-refractivity contribution in [2.45, 2.75) is 32.9 Å². The number of carbonyl (C=O) groups excluding carboxylic acids is 1. The number of fused-ring (bicyclic) bond motifs is 1. The summed E-state index contributed by atoms with van der Waals surface area (Å²) in [5.74, 6) is 1.13. The lowest BCUT2D eigenvalue weighted by molar-refractivity contribution is -0.127. The van der Waals surface area contributed by atoms with Gasteiger partial charge in [0.25, 0.3) is 0 Å². The molecule has 0 spiro atoms. The number of amides is 1. The van der Waals surface area contributed by atoms with E-state index in [2.05, 4.69) is 21.5 Å². The third kappa shape index (κ3) is 4.78. The number of nitrogen functional groups attached to an aromatic ring is 1. The number of aryl methyl sites for hydroxylation is 1. The Morgan fingerprint density at radius 1 is 1.36 bits per heavy atom. The normalized spacial score (nSPS) is 15.8. The smallest absolute Gasteiger partial charge is 0.245 e. The number of halogens is 1. The minimum Gasteiger partial charge on any atom is -0.486 e. The zero-order chi connectivity index (χ0) is 25.2. The summed E-state index contributed by atoms with van der Waals surface area (Å²) in [6.45, 7) is 7.98. The van der Waals surface area contributed by atoms with Gasteiger partial charge in [-0.25, -0.2) is 19.6 Å². The summed E-state index contributed by atoms with van der Waals surface area (Å²) in [7, 11) is 0. The first-order chi connectivity index (χ1) is 17.4. The average molecular weight is 524 g/mol. The van der Waals surface area contributed by atoms with Crippen molar-refractivity contribution in [2.24, 2.45) is 5.92 Å². The standard InChI is InChI=1S/C25H26ClN7O2S/c1-3-21(34)32-8-4-5-16(10-32)11-33-25-22(24(27)28-13-29-25)23(31-33)17-6-7-19(18(26)9-17)35-12-20-15(2)30-14-36-20/h3,6-7,9,13-14,16H,1,4-5,8,10-12H2,2H3,(H2,27,28,29)/t16-/m1/s1. The number of nitrogens with two attached hydrogens (primary N) is 1. The molecule has 1 fully saturated rings. The molecule has 1 saturated heterocycles. The molecular weight excluding hydrogens is 498 g/mol. The number of aromatic nitrogens is 5. The van der Waals surface area contributed by atoms with Crippen molar-refractivity contribution in [1.29, 1.82) is 0 Å². The zero-order valence-corrected chi connectivity index (χ0v) is 21.4. The Labute approximate surface area is 217 Å². The quantitative estimate of drug-likeness (QED) is 0.355.